The number of alkyl halides is 1. The van der Waals surface area contributed by atoms with Gasteiger partial charge < -0.3 is 0 Å². The standard InChI is InChI=1S/C14H13ClOS/c1-9-11(10(2)15)5-3-6-12(9)14(16)13-7-4-8-17-13/h3-8,10H,1-2H3. The molecule has 0 amide bonds. The molecule has 0 bridgehead atoms. The largest absolute Gasteiger partial charge is 0.288 e. The predicted octanol–water partition coefficient (Wildman–Crippen LogP) is 4.59. The van der Waals surface area contributed by atoms with E-state index in [0.717, 1.165) is 21.6 Å². The SMILES string of the molecule is Cc1c(C(=O)c2cccs2)cccc1C(C)Cl. The molecule has 0 saturated heterocycles. The lowest BCUT2D eigenvalue weighted by Gasteiger charge is -2.11. The maximum absolute atomic E-state index is 12.3. The molecule has 0 aliphatic carbocycles. The summed E-state index contributed by atoms with van der Waals surface area (Å²) in [5.74, 6) is 0.0802. The maximum Gasteiger partial charge on any atom is 0.203 e. The third kappa shape index (κ3) is 2.43. The van der Waals surface area contributed by atoms with Crippen LogP contribution in [0.25, 0.3) is 0 Å². The molecule has 1 heterocycles. The zero-order chi connectivity index (χ0) is 12.4. The van der Waals surface area contributed by atoms with Gasteiger partial charge in [0.1, 0.15) is 0 Å². The van der Waals surface area contributed by atoms with Crippen molar-refractivity contribution in [3.63, 3.8) is 0 Å². The number of carbonyl (C=O) groups excluding carboxylic acids is 1. The summed E-state index contributed by atoms with van der Waals surface area (Å²) in [6, 6.07) is 9.46. The summed E-state index contributed by atoms with van der Waals surface area (Å²) in [5, 5.41) is 1.84. The van der Waals surface area contributed by atoms with Gasteiger partial charge >= 0.3 is 0 Å². The van der Waals surface area contributed by atoms with E-state index in [9.17, 15) is 4.79 Å². The third-order valence-electron chi connectivity index (χ3n) is 2.79. The van der Waals surface area contributed by atoms with Crippen molar-refractivity contribution < 1.29 is 4.79 Å². The number of hydrogen-bond donors (Lipinski definition) is 0. The molecule has 88 valence electrons. The van der Waals surface area contributed by atoms with Crippen LogP contribution in [0.15, 0.2) is 35.7 Å². The second kappa shape index (κ2) is 5.03. The zero-order valence-corrected chi connectivity index (χ0v) is 11.3. The van der Waals surface area contributed by atoms with Crippen LogP contribution in [0.2, 0.25) is 0 Å². The minimum Gasteiger partial charge on any atom is -0.288 e. The molecule has 0 aliphatic rings. The van der Waals surface area contributed by atoms with Crippen LogP contribution in [0, 0.1) is 6.92 Å². The Kier molecular flexibility index (Phi) is 3.65. The minimum atomic E-state index is -0.0777. The van der Waals surface area contributed by atoms with E-state index in [4.69, 9.17) is 11.6 Å². The van der Waals surface area contributed by atoms with Crippen LogP contribution in [0.3, 0.4) is 0 Å². The smallest absolute Gasteiger partial charge is 0.203 e. The fourth-order valence-corrected chi connectivity index (χ4v) is 2.79. The second-order valence-corrected chi connectivity index (χ2v) is 5.54. The van der Waals surface area contributed by atoms with E-state index in [2.05, 4.69) is 0 Å². The van der Waals surface area contributed by atoms with Crippen molar-refractivity contribution in [2.75, 3.05) is 0 Å². The van der Waals surface area contributed by atoms with Crippen molar-refractivity contribution in [3.05, 3.63) is 57.3 Å². The Morgan fingerprint density at radius 3 is 2.65 bits per heavy atom. The predicted molar refractivity (Wildman–Crippen MR) is 73.2 cm³/mol. The summed E-state index contributed by atoms with van der Waals surface area (Å²) >= 11 is 7.57. The molecule has 1 atom stereocenters. The molecule has 3 heteroatoms. The van der Waals surface area contributed by atoms with Gasteiger partial charge in [0, 0.05) is 5.56 Å². The lowest BCUT2D eigenvalue weighted by molar-refractivity contribution is 0.104. The number of hydrogen-bond acceptors (Lipinski definition) is 2. The second-order valence-electron chi connectivity index (χ2n) is 3.94. The van der Waals surface area contributed by atoms with Gasteiger partial charge in [-0.25, -0.2) is 0 Å². The van der Waals surface area contributed by atoms with Gasteiger partial charge in [0.15, 0.2) is 0 Å². The lowest BCUT2D eigenvalue weighted by atomic mass is 9.97. The zero-order valence-electron chi connectivity index (χ0n) is 9.74. The molecule has 17 heavy (non-hydrogen) atoms. The first-order valence-electron chi connectivity index (χ1n) is 5.43. The Labute approximate surface area is 110 Å². The van der Waals surface area contributed by atoms with E-state index in [1.165, 1.54) is 11.3 Å². The monoisotopic (exact) mass is 264 g/mol. The molecule has 0 saturated carbocycles. The average molecular weight is 265 g/mol. The van der Waals surface area contributed by atoms with Gasteiger partial charge in [-0.05, 0) is 36.4 Å². The molecule has 0 fully saturated rings. The van der Waals surface area contributed by atoms with E-state index in [0.29, 0.717) is 0 Å². The molecule has 1 nitrogen and oxygen atoms in total. The van der Waals surface area contributed by atoms with E-state index < -0.39 is 0 Å². The molecule has 2 rings (SSSR count). The molecule has 1 aromatic heterocycles. The van der Waals surface area contributed by atoms with Crippen LogP contribution in [0.5, 0.6) is 0 Å². The highest BCUT2D eigenvalue weighted by atomic mass is 35.5. The Bertz CT molecular complexity index is 529. The van der Waals surface area contributed by atoms with E-state index in [-0.39, 0.29) is 11.2 Å². The Balaban J connectivity index is 2.47. The van der Waals surface area contributed by atoms with Crippen LogP contribution in [-0.2, 0) is 0 Å². The number of benzene rings is 1. The highest BCUT2D eigenvalue weighted by Crippen LogP contribution is 2.27. The van der Waals surface area contributed by atoms with E-state index in [1.54, 1.807) is 0 Å². The highest BCUT2D eigenvalue weighted by Gasteiger charge is 2.15. The van der Waals surface area contributed by atoms with Crippen molar-refractivity contribution in [1.29, 1.82) is 0 Å². The van der Waals surface area contributed by atoms with Crippen LogP contribution >= 0.6 is 22.9 Å². The van der Waals surface area contributed by atoms with Crippen molar-refractivity contribution in [3.8, 4) is 0 Å². The van der Waals surface area contributed by atoms with Crippen molar-refractivity contribution in [1.82, 2.24) is 0 Å². The Morgan fingerprint density at radius 2 is 2.06 bits per heavy atom. The molecule has 0 aliphatic heterocycles. The van der Waals surface area contributed by atoms with Crippen LogP contribution in [0.1, 0.15) is 38.7 Å². The van der Waals surface area contributed by atoms with Crippen molar-refractivity contribution in [2.45, 2.75) is 19.2 Å². The van der Waals surface area contributed by atoms with Gasteiger partial charge in [0.05, 0.1) is 10.3 Å². The summed E-state index contributed by atoms with van der Waals surface area (Å²) in [5.41, 5.74) is 2.75. The fraction of sp³-hybridized carbons (Fsp3) is 0.214. The van der Waals surface area contributed by atoms with Crippen LogP contribution < -0.4 is 0 Å². The topological polar surface area (TPSA) is 17.1 Å². The number of rotatable bonds is 3. The molecule has 2 aromatic rings. The fourth-order valence-electron chi connectivity index (χ4n) is 1.87. The van der Waals surface area contributed by atoms with Crippen molar-refractivity contribution in [2.24, 2.45) is 0 Å². The minimum absolute atomic E-state index is 0.0777. The quantitative estimate of drug-likeness (QED) is 0.585. The molecular weight excluding hydrogens is 252 g/mol. The van der Waals surface area contributed by atoms with Crippen LogP contribution in [0.4, 0.5) is 0 Å². The normalized spacial score (nSPS) is 12.4. The van der Waals surface area contributed by atoms with Crippen molar-refractivity contribution >= 4 is 28.7 Å². The summed E-state index contributed by atoms with van der Waals surface area (Å²) in [6.07, 6.45) is 0. The molecule has 0 radical (unpaired) electrons. The third-order valence-corrected chi connectivity index (χ3v) is 3.90. The number of carbonyl (C=O) groups is 1. The highest BCUT2D eigenvalue weighted by molar-refractivity contribution is 7.12. The van der Waals surface area contributed by atoms with E-state index >= 15 is 0 Å². The molecule has 1 aromatic carbocycles. The van der Waals surface area contributed by atoms with Gasteiger partial charge in [-0.15, -0.1) is 22.9 Å². The van der Waals surface area contributed by atoms with Gasteiger partial charge in [0.2, 0.25) is 5.78 Å². The molecule has 0 N–H and O–H groups in total. The molecular formula is C14H13ClOS. The summed E-state index contributed by atoms with van der Waals surface area (Å²) in [4.78, 5) is 13.0. The van der Waals surface area contributed by atoms with E-state index in [1.807, 2.05) is 49.6 Å². The summed E-state index contributed by atoms with van der Waals surface area (Å²) < 4.78 is 0. The number of thiophene rings is 1. The maximum atomic E-state index is 12.3. The van der Waals surface area contributed by atoms with Gasteiger partial charge in [0.25, 0.3) is 0 Å². The number of halogens is 1. The molecule has 0 spiro atoms. The summed E-state index contributed by atoms with van der Waals surface area (Å²) in [7, 11) is 0. The van der Waals surface area contributed by atoms with Crippen LogP contribution in [-0.4, -0.2) is 5.78 Å². The van der Waals surface area contributed by atoms with Gasteiger partial charge in [-0.1, -0.05) is 24.3 Å². The lowest BCUT2D eigenvalue weighted by Crippen LogP contribution is -2.04. The number of ketones is 1. The van der Waals surface area contributed by atoms with Gasteiger partial charge in [-0.3, -0.25) is 4.79 Å². The first kappa shape index (κ1) is 12.3. The first-order valence-corrected chi connectivity index (χ1v) is 6.74. The first-order chi connectivity index (χ1) is 8.11. The Hall–Kier alpha value is -1.12. The Morgan fingerprint density at radius 1 is 1.29 bits per heavy atom. The molecule has 1 unspecified atom stereocenters. The average Bonchev–Trinajstić information content (AvgIpc) is 2.81. The summed E-state index contributed by atoms with van der Waals surface area (Å²) in [6.45, 7) is 3.87. The van der Waals surface area contributed by atoms with Gasteiger partial charge in [-0.2, -0.15) is 0 Å².